The number of hydrogen-bond donors (Lipinski definition) is 1. The Labute approximate surface area is 100 Å². The summed E-state index contributed by atoms with van der Waals surface area (Å²) < 4.78 is 10.1. The van der Waals surface area contributed by atoms with Gasteiger partial charge >= 0.3 is 5.97 Å². The van der Waals surface area contributed by atoms with Crippen molar-refractivity contribution >= 4 is 5.97 Å². The van der Waals surface area contributed by atoms with E-state index in [0.717, 1.165) is 5.57 Å². The molecule has 92 valence electrons. The van der Waals surface area contributed by atoms with E-state index in [2.05, 4.69) is 6.58 Å². The molecule has 0 radical (unpaired) electrons. The van der Waals surface area contributed by atoms with Crippen LogP contribution in [0.25, 0.3) is 0 Å². The fourth-order valence-corrected chi connectivity index (χ4v) is 1.18. The van der Waals surface area contributed by atoms with Crippen LogP contribution < -0.4 is 4.74 Å². The van der Waals surface area contributed by atoms with Crippen molar-refractivity contribution in [1.29, 1.82) is 0 Å². The molecule has 0 aromatic heterocycles. The van der Waals surface area contributed by atoms with E-state index < -0.39 is 5.97 Å². The van der Waals surface area contributed by atoms with E-state index in [4.69, 9.17) is 9.47 Å². The van der Waals surface area contributed by atoms with Gasteiger partial charge in [0.05, 0.1) is 12.2 Å². The van der Waals surface area contributed by atoms with E-state index >= 15 is 0 Å². The largest absolute Gasteiger partial charge is 0.504 e. The van der Waals surface area contributed by atoms with Gasteiger partial charge in [0.25, 0.3) is 0 Å². The van der Waals surface area contributed by atoms with Crippen LogP contribution in [0, 0.1) is 0 Å². The van der Waals surface area contributed by atoms with E-state index in [0.29, 0.717) is 24.5 Å². The lowest BCUT2D eigenvalue weighted by Crippen LogP contribution is -2.05. The van der Waals surface area contributed by atoms with Gasteiger partial charge in [0, 0.05) is 0 Å². The third kappa shape index (κ3) is 3.83. The Morgan fingerprint density at radius 1 is 1.47 bits per heavy atom. The highest BCUT2D eigenvalue weighted by Gasteiger charge is 2.10. The first kappa shape index (κ1) is 13.1. The summed E-state index contributed by atoms with van der Waals surface area (Å²) in [5.74, 6) is -0.230. The number of esters is 1. The Morgan fingerprint density at radius 2 is 2.18 bits per heavy atom. The van der Waals surface area contributed by atoms with Gasteiger partial charge in [0.1, 0.15) is 6.61 Å². The fourth-order valence-electron chi connectivity index (χ4n) is 1.18. The van der Waals surface area contributed by atoms with Crippen molar-refractivity contribution in [1.82, 2.24) is 0 Å². The minimum atomic E-state index is -0.464. The summed E-state index contributed by atoms with van der Waals surface area (Å²) in [5.41, 5.74) is 1.14. The molecule has 0 aliphatic heterocycles. The molecule has 1 N–H and O–H groups in total. The number of rotatable bonds is 5. The predicted molar refractivity (Wildman–Crippen MR) is 64.4 cm³/mol. The average Bonchev–Trinajstić information content (AvgIpc) is 2.27. The fraction of sp³-hybridized carbons (Fsp3) is 0.308. The summed E-state index contributed by atoms with van der Waals surface area (Å²) in [4.78, 5) is 11.4. The summed E-state index contributed by atoms with van der Waals surface area (Å²) >= 11 is 0. The van der Waals surface area contributed by atoms with Gasteiger partial charge in [-0.25, -0.2) is 4.79 Å². The maximum Gasteiger partial charge on any atom is 0.338 e. The number of carbonyl (C=O) groups excluding carboxylic acids is 1. The topological polar surface area (TPSA) is 55.8 Å². The molecule has 0 aliphatic carbocycles. The summed E-state index contributed by atoms with van der Waals surface area (Å²) in [6, 6.07) is 4.40. The number of benzene rings is 1. The average molecular weight is 236 g/mol. The molecule has 1 rings (SSSR count). The zero-order valence-corrected chi connectivity index (χ0v) is 10.0. The molecule has 0 heterocycles. The van der Waals surface area contributed by atoms with Crippen molar-refractivity contribution in [3.05, 3.63) is 35.9 Å². The van der Waals surface area contributed by atoms with Crippen molar-refractivity contribution in [2.24, 2.45) is 0 Å². The van der Waals surface area contributed by atoms with Crippen molar-refractivity contribution in [2.45, 2.75) is 13.8 Å². The third-order valence-electron chi connectivity index (χ3n) is 1.94. The van der Waals surface area contributed by atoms with Crippen LogP contribution in [0.2, 0.25) is 0 Å². The number of carbonyl (C=O) groups is 1. The number of phenols is 1. The van der Waals surface area contributed by atoms with E-state index in [1.54, 1.807) is 13.0 Å². The lowest BCUT2D eigenvalue weighted by Gasteiger charge is -2.09. The number of aromatic hydroxyl groups is 1. The molecule has 0 amide bonds. The van der Waals surface area contributed by atoms with Crippen molar-refractivity contribution in [3.8, 4) is 11.5 Å². The Kier molecular flexibility index (Phi) is 4.57. The smallest absolute Gasteiger partial charge is 0.338 e. The molecule has 4 nitrogen and oxygen atoms in total. The zero-order chi connectivity index (χ0) is 12.8. The first-order chi connectivity index (χ1) is 8.04. The van der Waals surface area contributed by atoms with Gasteiger partial charge in [-0.15, -0.1) is 0 Å². The maximum atomic E-state index is 11.4. The quantitative estimate of drug-likeness (QED) is 0.630. The second-order valence-electron chi connectivity index (χ2n) is 3.65. The Bertz CT molecular complexity index is 423. The Hall–Kier alpha value is -1.97. The van der Waals surface area contributed by atoms with Gasteiger partial charge in [-0.05, 0) is 37.6 Å². The summed E-state index contributed by atoms with van der Waals surface area (Å²) in [6.45, 7) is 7.86. The molecule has 1 aromatic carbocycles. The van der Waals surface area contributed by atoms with Gasteiger partial charge in [-0.3, -0.25) is 0 Å². The first-order valence-corrected chi connectivity index (χ1v) is 5.32. The van der Waals surface area contributed by atoms with Crippen molar-refractivity contribution in [3.63, 3.8) is 0 Å². The molecule has 0 saturated heterocycles. The molecule has 0 fully saturated rings. The standard InChI is InChI=1S/C13H16O4/c1-4-16-13(15)10-5-6-12(11(14)7-10)17-8-9(2)3/h5-7,14H,2,4,8H2,1,3H3. The molecule has 0 atom stereocenters. The summed E-state index contributed by atoms with van der Waals surface area (Å²) in [7, 11) is 0. The molecule has 17 heavy (non-hydrogen) atoms. The van der Waals surface area contributed by atoms with Crippen LogP contribution in [-0.2, 0) is 4.74 Å². The second-order valence-corrected chi connectivity index (χ2v) is 3.65. The predicted octanol–water partition coefficient (Wildman–Crippen LogP) is 2.52. The number of hydrogen-bond acceptors (Lipinski definition) is 4. The highest BCUT2D eigenvalue weighted by molar-refractivity contribution is 5.90. The minimum Gasteiger partial charge on any atom is -0.504 e. The van der Waals surface area contributed by atoms with Crippen LogP contribution in [0.3, 0.4) is 0 Å². The Morgan fingerprint density at radius 3 is 2.71 bits per heavy atom. The lowest BCUT2D eigenvalue weighted by molar-refractivity contribution is 0.0526. The molecule has 0 bridgehead atoms. The van der Waals surface area contributed by atoms with Crippen LogP contribution in [0.1, 0.15) is 24.2 Å². The van der Waals surface area contributed by atoms with Crippen LogP contribution in [-0.4, -0.2) is 24.3 Å². The summed E-state index contributed by atoms with van der Waals surface area (Å²) in [6.07, 6.45) is 0. The minimum absolute atomic E-state index is 0.0863. The van der Waals surface area contributed by atoms with Crippen molar-refractivity contribution < 1.29 is 19.4 Å². The monoisotopic (exact) mass is 236 g/mol. The van der Waals surface area contributed by atoms with Gasteiger partial charge in [0.2, 0.25) is 0 Å². The van der Waals surface area contributed by atoms with Crippen molar-refractivity contribution in [2.75, 3.05) is 13.2 Å². The normalized spacial score (nSPS) is 9.76. The molecule has 0 spiro atoms. The second kappa shape index (κ2) is 5.94. The molecule has 0 unspecified atom stereocenters. The maximum absolute atomic E-state index is 11.4. The van der Waals surface area contributed by atoms with E-state index in [1.165, 1.54) is 12.1 Å². The van der Waals surface area contributed by atoms with E-state index in [9.17, 15) is 9.90 Å². The van der Waals surface area contributed by atoms with Gasteiger partial charge in [0.15, 0.2) is 11.5 Å². The lowest BCUT2D eigenvalue weighted by atomic mass is 10.2. The molecule has 0 saturated carbocycles. The van der Waals surface area contributed by atoms with Crippen LogP contribution in [0.5, 0.6) is 11.5 Å². The molecular weight excluding hydrogens is 220 g/mol. The summed E-state index contributed by atoms with van der Waals surface area (Å²) in [5, 5.41) is 9.66. The molecule has 4 heteroatoms. The van der Waals surface area contributed by atoms with Crippen LogP contribution in [0.15, 0.2) is 30.4 Å². The number of ether oxygens (including phenoxy) is 2. The first-order valence-electron chi connectivity index (χ1n) is 5.32. The molecule has 0 aliphatic rings. The third-order valence-corrected chi connectivity index (χ3v) is 1.94. The molecule has 1 aromatic rings. The molecular formula is C13H16O4. The zero-order valence-electron chi connectivity index (χ0n) is 10.0. The van der Waals surface area contributed by atoms with E-state index in [-0.39, 0.29) is 5.75 Å². The van der Waals surface area contributed by atoms with Gasteiger partial charge in [-0.2, -0.15) is 0 Å². The van der Waals surface area contributed by atoms with E-state index in [1.807, 2.05) is 6.92 Å². The van der Waals surface area contributed by atoms with Gasteiger partial charge in [-0.1, -0.05) is 6.58 Å². The highest BCUT2D eigenvalue weighted by Crippen LogP contribution is 2.27. The Balaban J connectivity index is 2.78. The van der Waals surface area contributed by atoms with Gasteiger partial charge < -0.3 is 14.6 Å². The number of phenolic OH excluding ortho intramolecular Hbond substituents is 1. The SMILES string of the molecule is C=C(C)COc1ccc(C(=O)OCC)cc1O. The highest BCUT2D eigenvalue weighted by atomic mass is 16.5. The van der Waals surface area contributed by atoms with Crippen LogP contribution >= 0.6 is 0 Å². The van der Waals surface area contributed by atoms with Crippen LogP contribution in [0.4, 0.5) is 0 Å².